The van der Waals surface area contributed by atoms with Gasteiger partial charge in [0.05, 0.1) is 37.2 Å². The highest BCUT2D eigenvalue weighted by molar-refractivity contribution is 7.90. The van der Waals surface area contributed by atoms with Gasteiger partial charge in [0.15, 0.2) is 5.84 Å². The van der Waals surface area contributed by atoms with E-state index in [0.717, 1.165) is 35.4 Å². The van der Waals surface area contributed by atoms with Gasteiger partial charge in [-0.25, -0.2) is 17.8 Å². The molecule has 0 N–H and O–H groups in total. The molecule has 2 aromatic carbocycles. The van der Waals surface area contributed by atoms with Gasteiger partial charge >= 0.3 is 0 Å². The average Bonchev–Trinajstić information content (AvgIpc) is 3.67. The van der Waals surface area contributed by atoms with Crippen molar-refractivity contribution in [3.63, 3.8) is 0 Å². The van der Waals surface area contributed by atoms with E-state index in [1.54, 1.807) is 25.6 Å². The number of methoxy groups -OCH3 is 1. The Bertz CT molecular complexity index is 1630. The van der Waals surface area contributed by atoms with Crippen molar-refractivity contribution in [1.29, 1.82) is 0 Å². The number of aryl methyl sites for hydroxylation is 1. The van der Waals surface area contributed by atoms with Crippen LogP contribution in [-0.2, 0) is 25.1 Å². The number of hydrogen-bond acceptors (Lipinski definition) is 8. The Morgan fingerprint density at radius 2 is 2.00 bits per heavy atom. The van der Waals surface area contributed by atoms with E-state index in [2.05, 4.69) is 21.1 Å². The van der Waals surface area contributed by atoms with Crippen LogP contribution in [0.3, 0.4) is 0 Å². The lowest BCUT2D eigenvalue weighted by molar-refractivity contribution is -0.119. The SMILES string of the molecule is COc1cc(/C=C2\CC3(CCOC3)CN3C2=NOC3(CCS(C)(=O)=O)c2ccc(F)cc2)ccc1-n1cnc(C)c1. The van der Waals surface area contributed by atoms with Crippen LogP contribution in [0, 0.1) is 18.2 Å². The number of oxime groups is 1. The number of benzene rings is 2. The molecule has 216 valence electrons. The highest BCUT2D eigenvalue weighted by atomic mass is 32.2. The van der Waals surface area contributed by atoms with E-state index in [9.17, 15) is 12.8 Å². The number of sulfone groups is 1. The Morgan fingerprint density at radius 3 is 2.66 bits per heavy atom. The van der Waals surface area contributed by atoms with Crippen molar-refractivity contribution < 1.29 is 27.1 Å². The first-order valence-electron chi connectivity index (χ1n) is 13.6. The lowest BCUT2D eigenvalue weighted by Gasteiger charge is -2.46. The van der Waals surface area contributed by atoms with E-state index in [-0.39, 0.29) is 23.4 Å². The molecule has 0 aliphatic carbocycles. The van der Waals surface area contributed by atoms with Gasteiger partial charge in [-0.1, -0.05) is 23.4 Å². The standard InChI is InChI=1S/C30H33FN4O5S/c1-21-17-34(20-32-21)26-9-4-22(15-27(26)38-2)14-23-16-29(10-12-39-19-29)18-35-28(23)33-40-30(35,11-13-41(3,36)37)24-5-7-25(31)8-6-24/h4-9,14-15,17,20H,10-13,16,18-19H2,1-3H3/b23-14+. The second-order valence-corrected chi connectivity index (χ2v) is 13.5. The van der Waals surface area contributed by atoms with Crippen molar-refractivity contribution in [2.75, 3.05) is 38.9 Å². The Kier molecular flexibility index (Phi) is 6.89. The van der Waals surface area contributed by atoms with E-state index in [1.807, 2.05) is 35.9 Å². The third kappa shape index (κ3) is 5.24. The average molecular weight is 581 g/mol. The van der Waals surface area contributed by atoms with Crippen LogP contribution in [0.2, 0.25) is 0 Å². The first kappa shape index (κ1) is 27.5. The summed E-state index contributed by atoms with van der Waals surface area (Å²) < 4.78 is 52.1. The van der Waals surface area contributed by atoms with Crippen molar-refractivity contribution >= 4 is 21.7 Å². The number of halogens is 1. The third-order valence-corrected chi connectivity index (χ3v) is 9.09. The molecule has 3 aromatic rings. The first-order chi connectivity index (χ1) is 19.6. The summed E-state index contributed by atoms with van der Waals surface area (Å²) in [6.45, 7) is 3.73. The van der Waals surface area contributed by atoms with E-state index in [0.29, 0.717) is 36.9 Å². The molecule has 2 saturated heterocycles. The molecule has 0 amide bonds. The Labute approximate surface area is 239 Å². The Balaban J connectivity index is 1.42. The number of piperidine rings is 1. The number of fused-ring (bicyclic) bond motifs is 1. The molecule has 0 saturated carbocycles. The molecule has 11 heteroatoms. The first-order valence-corrected chi connectivity index (χ1v) is 15.6. The topological polar surface area (TPSA) is 95.3 Å². The maximum atomic E-state index is 13.9. The van der Waals surface area contributed by atoms with Crippen molar-refractivity contribution in [3.8, 4) is 11.4 Å². The third-order valence-electron chi connectivity index (χ3n) is 8.15. The molecule has 4 heterocycles. The van der Waals surface area contributed by atoms with Gasteiger partial charge in [0.2, 0.25) is 5.72 Å². The summed E-state index contributed by atoms with van der Waals surface area (Å²) in [6, 6.07) is 12.0. The van der Waals surface area contributed by atoms with Crippen molar-refractivity contribution in [3.05, 3.63) is 83.2 Å². The number of imidazole rings is 1. The second-order valence-electron chi connectivity index (χ2n) is 11.3. The van der Waals surface area contributed by atoms with E-state index in [4.69, 9.17) is 14.3 Å². The lowest BCUT2D eigenvalue weighted by atomic mass is 9.75. The number of hydrogen-bond donors (Lipinski definition) is 0. The number of aromatic nitrogens is 2. The quantitative estimate of drug-likeness (QED) is 0.407. The van der Waals surface area contributed by atoms with Crippen molar-refractivity contribution in [2.24, 2.45) is 10.6 Å². The monoisotopic (exact) mass is 580 g/mol. The lowest BCUT2D eigenvalue weighted by Crippen LogP contribution is -2.55. The molecule has 9 nitrogen and oxygen atoms in total. The predicted octanol–water partition coefficient (Wildman–Crippen LogP) is 4.46. The summed E-state index contributed by atoms with van der Waals surface area (Å²) in [5.41, 5.74) is 2.92. The van der Waals surface area contributed by atoms with Gasteiger partial charge in [-0.15, -0.1) is 0 Å². The normalized spacial score (nSPS) is 24.9. The maximum Gasteiger partial charge on any atom is 0.238 e. The summed E-state index contributed by atoms with van der Waals surface area (Å²) in [5, 5.41) is 4.55. The van der Waals surface area contributed by atoms with Crippen molar-refractivity contribution in [2.45, 2.75) is 31.9 Å². The van der Waals surface area contributed by atoms with Gasteiger partial charge in [-0.2, -0.15) is 0 Å². The Morgan fingerprint density at radius 1 is 1.20 bits per heavy atom. The number of rotatable bonds is 7. The van der Waals surface area contributed by atoms with Crippen LogP contribution in [0.1, 0.15) is 36.1 Å². The maximum absolute atomic E-state index is 13.9. The van der Waals surface area contributed by atoms with E-state index >= 15 is 0 Å². The molecule has 41 heavy (non-hydrogen) atoms. The van der Waals surface area contributed by atoms with E-state index in [1.165, 1.54) is 18.4 Å². The summed E-state index contributed by atoms with van der Waals surface area (Å²) in [5.74, 6) is 0.850. The summed E-state index contributed by atoms with van der Waals surface area (Å²) in [7, 11) is -1.68. The zero-order valence-electron chi connectivity index (χ0n) is 23.3. The summed E-state index contributed by atoms with van der Waals surface area (Å²) in [4.78, 5) is 12.6. The summed E-state index contributed by atoms with van der Waals surface area (Å²) >= 11 is 0. The molecule has 6 rings (SSSR count). The fourth-order valence-corrected chi connectivity index (χ4v) is 6.69. The minimum Gasteiger partial charge on any atom is -0.495 e. The molecule has 0 radical (unpaired) electrons. The zero-order chi connectivity index (χ0) is 28.8. The van der Waals surface area contributed by atoms with Gasteiger partial charge in [0.25, 0.3) is 0 Å². The number of nitrogens with zero attached hydrogens (tertiary/aromatic N) is 4. The molecular formula is C30H33FN4O5S. The van der Waals surface area contributed by atoms with Gasteiger partial charge in [0.1, 0.15) is 21.4 Å². The van der Waals surface area contributed by atoms with Crippen LogP contribution in [-0.4, -0.2) is 67.6 Å². The minimum absolute atomic E-state index is 0.112. The zero-order valence-corrected chi connectivity index (χ0v) is 24.2. The predicted molar refractivity (Wildman–Crippen MR) is 153 cm³/mol. The highest BCUT2D eigenvalue weighted by Gasteiger charge is 2.55. The second kappa shape index (κ2) is 10.3. The van der Waals surface area contributed by atoms with Crippen LogP contribution in [0.15, 0.2) is 65.7 Å². The molecule has 2 unspecified atom stereocenters. The smallest absolute Gasteiger partial charge is 0.238 e. The Hall–Kier alpha value is -3.70. The van der Waals surface area contributed by atoms with Gasteiger partial charge in [-0.3, -0.25) is 0 Å². The summed E-state index contributed by atoms with van der Waals surface area (Å²) in [6.07, 6.45) is 8.69. The molecular weight excluding hydrogens is 547 g/mol. The van der Waals surface area contributed by atoms with Crippen LogP contribution >= 0.6 is 0 Å². The molecule has 3 aliphatic rings. The van der Waals surface area contributed by atoms with Crippen molar-refractivity contribution in [1.82, 2.24) is 14.5 Å². The van der Waals surface area contributed by atoms with Gasteiger partial charge in [0, 0.05) is 43.0 Å². The molecule has 3 aliphatic heterocycles. The number of amidine groups is 1. The minimum atomic E-state index is -3.32. The van der Waals surface area contributed by atoms with Gasteiger partial charge in [-0.05, 0) is 61.2 Å². The van der Waals surface area contributed by atoms with E-state index < -0.39 is 15.6 Å². The highest BCUT2D eigenvalue weighted by Crippen LogP contribution is 2.50. The largest absolute Gasteiger partial charge is 0.495 e. The fraction of sp³-hybridized carbons (Fsp3) is 0.400. The molecule has 2 fully saturated rings. The molecule has 2 atom stereocenters. The number of ether oxygens (including phenoxy) is 2. The van der Waals surface area contributed by atoms with Gasteiger partial charge < -0.3 is 23.8 Å². The molecule has 0 bridgehead atoms. The molecule has 1 aromatic heterocycles. The van der Waals surface area contributed by atoms with Crippen LogP contribution in [0.5, 0.6) is 5.75 Å². The fourth-order valence-electron chi connectivity index (χ4n) is 6.05. The van der Waals surface area contributed by atoms with Crippen LogP contribution < -0.4 is 4.74 Å². The molecule has 1 spiro atoms. The van der Waals surface area contributed by atoms with Crippen LogP contribution in [0.4, 0.5) is 4.39 Å². The van der Waals surface area contributed by atoms with Crippen LogP contribution in [0.25, 0.3) is 11.8 Å².